The molecule has 2 heterocycles. The Morgan fingerprint density at radius 3 is 3.22 bits per heavy atom. The highest BCUT2D eigenvalue weighted by Gasteiger charge is 2.14. The molecule has 1 N–H and O–H groups in total. The van der Waals surface area contributed by atoms with Crippen LogP contribution in [0.4, 0.5) is 5.69 Å². The summed E-state index contributed by atoms with van der Waals surface area (Å²) in [4.78, 5) is 6.56. The second-order valence-corrected chi connectivity index (χ2v) is 4.56. The number of nitrogens with zero attached hydrogens (tertiary/aromatic N) is 2. The molecule has 2 rings (SSSR count). The number of hydrogen-bond acceptors (Lipinski definition) is 3. The van der Waals surface area contributed by atoms with Crippen molar-refractivity contribution in [2.75, 3.05) is 24.5 Å². The van der Waals surface area contributed by atoms with Crippen LogP contribution >= 0.6 is 0 Å². The lowest BCUT2D eigenvalue weighted by atomic mass is 10.2. The van der Waals surface area contributed by atoms with E-state index in [1.807, 2.05) is 18.5 Å². The molecule has 1 unspecified atom stereocenters. The van der Waals surface area contributed by atoms with Crippen LogP contribution in [-0.4, -0.2) is 30.7 Å². The van der Waals surface area contributed by atoms with Gasteiger partial charge < -0.3 is 10.2 Å². The summed E-state index contributed by atoms with van der Waals surface area (Å²) >= 11 is 0. The number of unbranched alkanes of at least 4 members (excludes halogenated alkanes) is 1. The summed E-state index contributed by atoms with van der Waals surface area (Å²) in [5.74, 6) is 6.57. The Morgan fingerprint density at radius 1 is 1.50 bits per heavy atom. The van der Waals surface area contributed by atoms with Crippen molar-refractivity contribution in [1.82, 2.24) is 10.3 Å². The zero-order chi connectivity index (χ0) is 12.6. The molecule has 1 saturated heterocycles. The second kappa shape index (κ2) is 7.03. The van der Waals surface area contributed by atoms with Gasteiger partial charge in [0.1, 0.15) is 0 Å². The van der Waals surface area contributed by atoms with Crippen LogP contribution in [0.15, 0.2) is 24.5 Å². The molecule has 0 bridgehead atoms. The van der Waals surface area contributed by atoms with Gasteiger partial charge in [0.25, 0.3) is 0 Å². The molecule has 1 aliphatic heterocycles. The average molecular weight is 243 g/mol. The molecule has 1 aromatic rings. The third-order valence-electron chi connectivity index (χ3n) is 3.12. The zero-order valence-electron chi connectivity index (χ0n) is 11.0. The standard InChI is InChI=1S/C15H21N3/c1-2-3-4-6-14-8-11-18(12-10-17-14)15-7-5-9-16-13-15/h5,7,9,13-14,17H,2-3,8,10-12H2,1H3. The van der Waals surface area contributed by atoms with Gasteiger partial charge in [-0.25, -0.2) is 0 Å². The van der Waals surface area contributed by atoms with Gasteiger partial charge in [-0.3, -0.25) is 4.98 Å². The van der Waals surface area contributed by atoms with E-state index in [1.54, 1.807) is 0 Å². The Hall–Kier alpha value is -1.53. The monoisotopic (exact) mass is 243 g/mol. The van der Waals surface area contributed by atoms with Gasteiger partial charge >= 0.3 is 0 Å². The van der Waals surface area contributed by atoms with Gasteiger partial charge in [-0.05, 0) is 25.0 Å². The van der Waals surface area contributed by atoms with Gasteiger partial charge in [-0.15, -0.1) is 5.92 Å². The number of hydrogen-bond donors (Lipinski definition) is 1. The van der Waals surface area contributed by atoms with Gasteiger partial charge in [-0.2, -0.15) is 0 Å². The Balaban J connectivity index is 1.91. The minimum Gasteiger partial charge on any atom is -0.369 e. The Bertz CT molecular complexity index is 405. The lowest BCUT2D eigenvalue weighted by Crippen LogP contribution is -2.29. The summed E-state index contributed by atoms with van der Waals surface area (Å²) in [7, 11) is 0. The van der Waals surface area contributed by atoms with Crippen molar-refractivity contribution in [3.05, 3.63) is 24.5 Å². The van der Waals surface area contributed by atoms with Crippen molar-refractivity contribution < 1.29 is 0 Å². The highest BCUT2D eigenvalue weighted by Crippen LogP contribution is 2.13. The van der Waals surface area contributed by atoms with Gasteiger partial charge in [-0.1, -0.05) is 12.8 Å². The summed E-state index contributed by atoms with van der Waals surface area (Å²) in [6, 6.07) is 4.46. The van der Waals surface area contributed by atoms with Gasteiger partial charge in [0.15, 0.2) is 0 Å². The molecule has 0 spiro atoms. The normalized spacial score (nSPS) is 19.8. The van der Waals surface area contributed by atoms with Crippen molar-refractivity contribution >= 4 is 5.69 Å². The molecule has 0 radical (unpaired) electrons. The fourth-order valence-electron chi connectivity index (χ4n) is 2.12. The summed E-state index contributed by atoms with van der Waals surface area (Å²) in [5.41, 5.74) is 1.21. The summed E-state index contributed by atoms with van der Waals surface area (Å²) < 4.78 is 0. The van der Waals surface area contributed by atoms with Crippen molar-refractivity contribution in [3.8, 4) is 11.8 Å². The molecule has 0 saturated carbocycles. The van der Waals surface area contributed by atoms with E-state index in [1.165, 1.54) is 5.69 Å². The molecule has 18 heavy (non-hydrogen) atoms. The van der Waals surface area contributed by atoms with E-state index in [9.17, 15) is 0 Å². The maximum absolute atomic E-state index is 4.18. The van der Waals surface area contributed by atoms with E-state index in [2.05, 4.69) is 40.0 Å². The fourth-order valence-corrected chi connectivity index (χ4v) is 2.12. The molecule has 3 heteroatoms. The van der Waals surface area contributed by atoms with E-state index in [0.29, 0.717) is 6.04 Å². The molecule has 1 fully saturated rings. The van der Waals surface area contributed by atoms with Crippen molar-refractivity contribution in [3.63, 3.8) is 0 Å². The van der Waals surface area contributed by atoms with E-state index < -0.39 is 0 Å². The van der Waals surface area contributed by atoms with Crippen LogP contribution < -0.4 is 10.2 Å². The molecule has 0 aliphatic carbocycles. The first-order valence-electron chi connectivity index (χ1n) is 6.77. The first-order valence-corrected chi connectivity index (χ1v) is 6.77. The van der Waals surface area contributed by atoms with Crippen LogP contribution in [0, 0.1) is 11.8 Å². The summed E-state index contributed by atoms with van der Waals surface area (Å²) in [5, 5.41) is 3.50. The summed E-state index contributed by atoms with van der Waals surface area (Å²) in [6.07, 6.45) is 6.97. The quantitative estimate of drug-likeness (QED) is 0.806. The van der Waals surface area contributed by atoms with E-state index >= 15 is 0 Å². The largest absolute Gasteiger partial charge is 0.369 e. The summed E-state index contributed by atoms with van der Waals surface area (Å²) in [6.45, 7) is 5.22. The second-order valence-electron chi connectivity index (χ2n) is 4.56. The number of anilines is 1. The first-order chi connectivity index (χ1) is 8.90. The Labute approximate surface area is 110 Å². The smallest absolute Gasteiger partial charge is 0.0707 e. The van der Waals surface area contributed by atoms with Crippen molar-refractivity contribution in [1.29, 1.82) is 0 Å². The third-order valence-corrected chi connectivity index (χ3v) is 3.12. The molecule has 3 nitrogen and oxygen atoms in total. The lowest BCUT2D eigenvalue weighted by molar-refractivity contribution is 0.631. The van der Waals surface area contributed by atoms with Crippen LogP contribution in [0.2, 0.25) is 0 Å². The predicted molar refractivity (Wildman–Crippen MR) is 75.5 cm³/mol. The molecule has 1 atom stereocenters. The highest BCUT2D eigenvalue weighted by molar-refractivity contribution is 5.43. The molecule has 0 aromatic carbocycles. The van der Waals surface area contributed by atoms with Crippen LogP contribution in [-0.2, 0) is 0 Å². The Morgan fingerprint density at radius 2 is 2.44 bits per heavy atom. The van der Waals surface area contributed by atoms with Crippen molar-refractivity contribution in [2.45, 2.75) is 32.2 Å². The molecule has 0 amide bonds. The van der Waals surface area contributed by atoms with Gasteiger partial charge in [0, 0.05) is 32.3 Å². The number of nitrogens with one attached hydrogen (secondary N) is 1. The Kier molecular flexibility index (Phi) is 5.04. The van der Waals surface area contributed by atoms with Crippen LogP contribution in [0.25, 0.3) is 0 Å². The predicted octanol–water partition coefficient (Wildman–Crippen LogP) is 2.05. The van der Waals surface area contributed by atoms with Gasteiger partial charge in [0.05, 0.1) is 17.9 Å². The lowest BCUT2D eigenvalue weighted by Gasteiger charge is -2.21. The highest BCUT2D eigenvalue weighted by atomic mass is 15.2. The SMILES string of the molecule is CCCC#CC1CCN(c2cccnc2)CCN1. The minimum atomic E-state index is 0.346. The number of aromatic nitrogens is 1. The maximum atomic E-state index is 4.18. The first kappa shape index (κ1) is 12.9. The minimum absolute atomic E-state index is 0.346. The van der Waals surface area contributed by atoms with E-state index in [4.69, 9.17) is 0 Å². The van der Waals surface area contributed by atoms with Crippen LogP contribution in [0.1, 0.15) is 26.2 Å². The molecular formula is C15H21N3. The zero-order valence-corrected chi connectivity index (χ0v) is 11.0. The topological polar surface area (TPSA) is 28.2 Å². The van der Waals surface area contributed by atoms with Crippen LogP contribution in [0.5, 0.6) is 0 Å². The molecule has 1 aliphatic rings. The number of pyridine rings is 1. The number of rotatable bonds is 2. The average Bonchev–Trinajstić information content (AvgIpc) is 2.66. The van der Waals surface area contributed by atoms with Crippen molar-refractivity contribution in [2.24, 2.45) is 0 Å². The fraction of sp³-hybridized carbons (Fsp3) is 0.533. The van der Waals surface area contributed by atoms with E-state index in [0.717, 1.165) is 38.9 Å². The van der Waals surface area contributed by atoms with E-state index in [-0.39, 0.29) is 0 Å². The third kappa shape index (κ3) is 3.75. The molecular weight excluding hydrogens is 222 g/mol. The van der Waals surface area contributed by atoms with Crippen LogP contribution in [0.3, 0.4) is 0 Å². The molecule has 96 valence electrons. The maximum Gasteiger partial charge on any atom is 0.0707 e. The van der Waals surface area contributed by atoms with Gasteiger partial charge in [0.2, 0.25) is 0 Å². The molecule has 1 aromatic heterocycles.